The number of urea groups is 1. The average molecular weight is 381 g/mol. The number of hydrogen-bond donors (Lipinski definition) is 1. The predicted molar refractivity (Wildman–Crippen MR) is 99.8 cm³/mol. The van der Waals surface area contributed by atoms with Crippen LogP contribution in [0.1, 0.15) is 37.7 Å². The summed E-state index contributed by atoms with van der Waals surface area (Å²) in [7, 11) is 0. The first-order valence-corrected chi connectivity index (χ1v) is 9.56. The van der Waals surface area contributed by atoms with Crippen LogP contribution in [0.25, 0.3) is 0 Å². The van der Waals surface area contributed by atoms with Crippen LogP contribution in [0.4, 0.5) is 23.7 Å². The zero-order valence-electron chi connectivity index (χ0n) is 15.4. The summed E-state index contributed by atoms with van der Waals surface area (Å²) in [4.78, 5) is 16.1. The van der Waals surface area contributed by atoms with Gasteiger partial charge in [0.1, 0.15) is 0 Å². The molecule has 0 atom stereocenters. The summed E-state index contributed by atoms with van der Waals surface area (Å²) in [5, 5.41) is 2.98. The molecule has 4 nitrogen and oxygen atoms in total. The van der Waals surface area contributed by atoms with Gasteiger partial charge in [0.25, 0.3) is 0 Å². The van der Waals surface area contributed by atoms with E-state index >= 15 is 0 Å². The molecule has 0 spiro atoms. The Labute approximate surface area is 158 Å². The minimum atomic E-state index is -4.32. The van der Waals surface area contributed by atoms with Gasteiger partial charge in [-0.1, -0.05) is 11.6 Å². The van der Waals surface area contributed by atoms with Crippen LogP contribution in [-0.4, -0.2) is 43.7 Å². The van der Waals surface area contributed by atoms with Crippen LogP contribution in [0, 0.1) is 0 Å². The summed E-state index contributed by atoms with van der Waals surface area (Å²) in [5.74, 6) is 0. The van der Waals surface area contributed by atoms with E-state index < -0.39 is 11.7 Å². The molecule has 0 bridgehead atoms. The molecule has 0 unspecified atom stereocenters. The fraction of sp³-hybridized carbons (Fsp3) is 0.550. The standard InChI is InChI=1S/C20H26F3N3O/c21-20(22,23)17-6-8-18(9-7-17)25-12-14-26(15-13-25)19(27)24-11-10-16-4-2-1-3-5-16/h4,6-9H,1-3,5,10-15H2,(H,24,27). The molecule has 1 saturated heterocycles. The summed E-state index contributed by atoms with van der Waals surface area (Å²) >= 11 is 0. The number of carbonyl (C=O) groups is 1. The zero-order chi connectivity index (χ0) is 19.3. The first kappa shape index (κ1) is 19.6. The molecule has 2 aliphatic rings. The summed E-state index contributed by atoms with van der Waals surface area (Å²) in [6.45, 7) is 3.02. The Hall–Kier alpha value is -2.18. The summed E-state index contributed by atoms with van der Waals surface area (Å²) in [6.07, 6.45) is 3.68. The molecule has 1 aromatic carbocycles. The van der Waals surface area contributed by atoms with Crippen LogP contribution in [0.15, 0.2) is 35.9 Å². The molecule has 0 radical (unpaired) electrons. The van der Waals surface area contributed by atoms with Crippen molar-refractivity contribution in [1.29, 1.82) is 0 Å². The van der Waals surface area contributed by atoms with Gasteiger partial charge in [-0.2, -0.15) is 13.2 Å². The van der Waals surface area contributed by atoms with Crippen molar-refractivity contribution in [1.82, 2.24) is 10.2 Å². The Morgan fingerprint density at radius 2 is 1.74 bits per heavy atom. The van der Waals surface area contributed by atoms with Crippen molar-refractivity contribution in [3.8, 4) is 0 Å². The molecule has 2 amide bonds. The molecule has 3 rings (SSSR count). The molecular weight excluding hydrogens is 355 g/mol. The smallest absolute Gasteiger partial charge is 0.368 e. The third-order valence-corrected chi connectivity index (χ3v) is 5.23. The van der Waals surface area contributed by atoms with E-state index in [0.29, 0.717) is 32.7 Å². The second-order valence-electron chi connectivity index (χ2n) is 7.11. The monoisotopic (exact) mass is 381 g/mol. The lowest BCUT2D eigenvalue weighted by Crippen LogP contribution is -2.52. The molecule has 7 heteroatoms. The van der Waals surface area contributed by atoms with E-state index in [1.807, 2.05) is 4.90 Å². The third-order valence-electron chi connectivity index (χ3n) is 5.23. The lowest BCUT2D eigenvalue weighted by molar-refractivity contribution is -0.137. The van der Waals surface area contributed by atoms with E-state index in [2.05, 4.69) is 11.4 Å². The van der Waals surface area contributed by atoms with Crippen LogP contribution in [0.2, 0.25) is 0 Å². The van der Waals surface area contributed by atoms with E-state index in [1.165, 1.54) is 30.5 Å². The van der Waals surface area contributed by atoms with Crippen molar-refractivity contribution in [3.63, 3.8) is 0 Å². The highest BCUT2D eigenvalue weighted by Crippen LogP contribution is 2.30. The number of amides is 2. The van der Waals surface area contributed by atoms with Crippen LogP contribution in [0.3, 0.4) is 0 Å². The van der Waals surface area contributed by atoms with Crippen molar-refractivity contribution in [2.75, 3.05) is 37.6 Å². The van der Waals surface area contributed by atoms with Gasteiger partial charge >= 0.3 is 12.2 Å². The number of allylic oxidation sites excluding steroid dienone is 1. The molecule has 0 aromatic heterocycles. The maximum absolute atomic E-state index is 12.7. The van der Waals surface area contributed by atoms with Crippen molar-refractivity contribution >= 4 is 11.7 Å². The largest absolute Gasteiger partial charge is 0.416 e. The van der Waals surface area contributed by atoms with Gasteiger partial charge in [0.15, 0.2) is 0 Å². The van der Waals surface area contributed by atoms with E-state index in [0.717, 1.165) is 37.1 Å². The first-order valence-electron chi connectivity index (χ1n) is 9.56. The van der Waals surface area contributed by atoms with E-state index in [1.54, 1.807) is 4.90 Å². The minimum absolute atomic E-state index is 0.0570. The van der Waals surface area contributed by atoms with E-state index in [4.69, 9.17) is 0 Å². The van der Waals surface area contributed by atoms with Crippen LogP contribution in [-0.2, 0) is 6.18 Å². The molecule has 1 aromatic rings. The maximum Gasteiger partial charge on any atom is 0.416 e. The Bertz CT molecular complexity index is 662. The minimum Gasteiger partial charge on any atom is -0.368 e. The molecule has 27 heavy (non-hydrogen) atoms. The number of benzene rings is 1. The highest BCUT2D eigenvalue weighted by Gasteiger charge is 2.30. The highest BCUT2D eigenvalue weighted by atomic mass is 19.4. The molecule has 1 N–H and O–H groups in total. The van der Waals surface area contributed by atoms with Gasteiger partial charge in [-0.15, -0.1) is 0 Å². The van der Waals surface area contributed by atoms with Gasteiger partial charge in [-0.3, -0.25) is 0 Å². The van der Waals surface area contributed by atoms with Crippen molar-refractivity contribution < 1.29 is 18.0 Å². The van der Waals surface area contributed by atoms with Gasteiger partial charge in [-0.25, -0.2) is 4.79 Å². The fourth-order valence-electron chi connectivity index (χ4n) is 3.60. The predicted octanol–water partition coefficient (Wildman–Crippen LogP) is 4.43. The van der Waals surface area contributed by atoms with Crippen LogP contribution in [0.5, 0.6) is 0 Å². The Kier molecular flexibility index (Phi) is 6.29. The van der Waals surface area contributed by atoms with Crippen molar-refractivity contribution in [2.24, 2.45) is 0 Å². The van der Waals surface area contributed by atoms with Gasteiger partial charge in [0.2, 0.25) is 0 Å². The number of alkyl halides is 3. The highest BCUT2D eigenvalue weighted by molar-refractivity contribution is 5.74. The molecule has 1 fully saturated rings. The first-order chi connectivity index (χ1) is 12.9. The van der Waals surface area contributed by atoms with E-state index in [-0.39, 0.29) is 6.03 Å². The lowest BCUT2D eigenvalue weighted by Gasteiger charge is -2.36. The van der Waals surface area contributed by atoms with Crippen LogP contribution >= 0.6 is 0 Å². The van der Waals surface area contributed by atoms with Crippen LogP contribution < -0.4 is 10.2 Å². The van der Waals surface area contributed by atoms with Gasteiger partial charge in [0, 0.05) is 38.4 Å². The summed E-state index contributed by atoms with van der Waals surface area (Å²) in [5.41, 5.74) is 1.55. The molecule has 148 valence electrons. The summed E-state index contributed by atoms with van der Waals surface area (Å²) < 4.78 is 38.0. The van der Waals surface area contributed by atoms with Gasteiger partial charge in [0.05, 0.1) is 5.56 Å². The number of anilines is 1. The number of hydrogen-bond acceptors (Lipinski definition) is 2. The van der Waals surface area contributed by atoms with E-state index in [9.17, 15) is 18.0 Å². The second kappa shape index (κ2) is 8.67. The Balaban J connectivity index is 1.42. The number of carbonyl (C=O) groups excluding carboxylic acids is 1. The number of piperazine rings is 1. The summed E-state index contributed by atoms with van der Waals surface area (Å²) in [6, 6.07) is 5.15. The molecular formula is C20H26F3N3O. The SMILES string of the molecule is O=C(NCCC1=CCCCC1)N1CCN(c2ccc(C(F)(F)F)cc2)CC1. The third kappa shape index (κ3) is 5.40. The number of nitrogens with zero attached hydrogens (tertiary/aromatic N) is 2. The average Bonchev–Trinajstić information content (AvgIpc) is 2.68. The fourth-order valence-corrected chi connectivity index (χ4v) is 3.60. The lowest BCUT2D eigenvalue weighted by atomic mass is 9.97. The van der Waals surface area contributed by atoms with Crippen molar-refractivity contribution in [3.05, 3.63) is 41.5 Å². The van der Waals surface area contributed by atoms with Gasteiger partial charge < -0.3 is 15.1 Å². The quantitative estimate of drug-likeness (QED) is 0.784. The Morgan fingerprint density at radius 1 is 1.04 bits per heavy atom. The molecule has 0 saturated carbocycles. The number of rotatable bonds is 4. The van der Waals surface area contributed by atoms with Gasteiger partial charge in [-0.05, 0) is 56.4 Å². The molecule has 1 heterocycles. The number of nitrogens with one attached hydrogen (secondary N) is 1. The molecule has 1 aliphatic carbocycles. The normalized spacial score (nSPS) is 18.3. The maximum atomic E-state index is 12.7. The Morgan fingerprint density at radius 3 is 2.33 bits per heavy atom. The molecule has 1 aliphatic heterocycles. The number of halogens is 3. The topological polar surface area (TPSA) is 35.6 Å². The van der Waals surface area contributed by atoms with Crippen molar-refractivity contribution in [2.45, 2.75) is 38.3 Å². The second-order valence-corrected chi connectivity index (χ2v) is 7.11. The zero-order valence-corrected chi connectivity index (χ0v) is 15.4.